The standard InChI is InChI=1S/C19H16BrN3OS/c1-13-11-18(22-16-5-3-2-4-6-16)23-19(21-13)25-12-17(24)14-7-9-15(20)10-8-14/h2-11H,12H2,1H3,(H,21,22,23). The Kier molecular flexibility index (Phi) is 5.83. The maximum Gasteiger partial charge on any atom is 0.190 e. The third kappa shape index (κ3) is 5.14. The fourth-order valence-electron chi connectivity index (χ4n) is 2.19. The molecule has 0 saturated heterocycles. The molecule has 6 heteroatoms. The molecule has 25 heavy (non-hydrogen) atoms. The highest BCUT2D eigenvalue weighted by Crippen LogP contribution is 2.21. The highest BCUT2D eigenvalue weighted by atomic mass is 79.9. The molecule has 0 saturated carbocycles. The largest absolute Gasteiger partial charge is 0.340 e. The summed E-state index contributed by atoms with van der Waals surface area (Å²) in [5.41, 5.74) is 2.50. The lowest BCUT2D eigenvalue weighted by Crippen LogP contribution is -2.04. The van der Waals surface area contributed by atoms with E-state index >= 15 is 0 Å². The minimum Gasteiger partial charge on any atom is -0.340 e. The number of carbonyl (C=O) groups excluding carboxylic acids is 1. The van der Waals surface area contributed by atoms with Crippen LogP contribution in [0.4, 0.5) is 11.5 Å². The van der Waals surface area contributed by atoms with E-state index in [2.05, 4.69) is 31.2 Å². The molecule has 3 rings (SSSR count). The molecular weight excluding hydrogens is 398 g/mol. The first-order valence-electron chi connectivity index (χ1n) is 7.69. The van der Waals surface area contributed by atoms with E-state index in [1.54, 1.807) is 0 Å². The highest BCUT2D eigenvalue weighted by Gasteiger charge is 2.09. The van der Waals surface area contributed by atoms with Gasteiger partial charge in [0.2, 0.25) is 0 Å². The van der Waals surface area contributed by atoms with Crippen molar-refractivity contribution in [3.05, 3.63) is 76.4 Å². The van der Waals surface area contributed by atoms with E-state index in [9.17, 15) is 4.79 Å². The number of aryl methyl sites for hydroxylation is 1. The van der Waals surface area contributed by atoms with Gasteiger partial charge >= 0.3 is 0 Å². The zero-order valence-electron chi connectivity index (χ0n) is 13.6. The number of carbonyl (C=O) groups is 1. The second-order valence-corrected chi connectivity index (χ2v) is 7.25. The summed E-state index contributed by atoms with van der Waals surface area (Å²) in [6, 6.07) is 19.1. The van der Waals surface area contributed by atoms with Gasteiger partial charge in [-0.05, 0) is 31.2 Å². The number of thioether (sulfide) groups is 1. The minimum atomic E-state index is 0.0557. The highest BCUT2D eigenvalue weighted by molar-refractivity contribution is 9.10. The smallest absolute Gasteiger partial charge is 0.190 e. The molecule has 2 aromatic carbocycles. The normalized spacial score (nSPS) is 10.5. The van der Waals surface area contributed by atoms with E-state index in [0.29, 0.717) is 16.5 Å². The predicted molar refractivity (Wildman–Crippen MR) is 106 cm³/mol. The van der Waals surface area contributed by atoms with E-state index in [1.165, 1.54) is 11.8 Å². The number of benzene rings is 2. The van der Waals surface area contributed by atoms with Gasteiger partial charge in [0.1, 0.15) is 5.82 Å². The third-order valence-electron chi connectivity index (χ3n) is 3.38. The van der Waals surface area contributed by atoms with Gasteiger partial charge in [-0.1, -0.05) is 58.0 Å². The molecular formula is C19H16BrN3OS. The van der Waals surface area contributed by atoms with Crippen LogP contribution in [0.5, 0.6) is 0 Å². The Hall–Kier alpha value is -2.18. The van der Waals surface area contributed by atoms with Crippen LogP contribution in [0.2, 0.25) is 0 Å². The summed E-state index contributed by atoms with van der Waals surface area (Å²) < 4.78 is 0.954. The number of hydrogen-bond donors (Lipinski definition) is 1. The Morgan fingerprint density at radius 2 is 1.80 bits per heavy atom. The molecule has 1 N–H and O–H groups in total. The molecule has 0 spiro atoms. The molecule has 0 bridgehead atoms. The van der Waals surface area contributed by atoms with Crippen molar-refractivity contribution < 1.29 is 4.79 Å². The quantitative estimate of drug-likeness (QED) is 0.339. The van der Waals surface area contributed by atoms with Crippen LogP contribution in [-0.2, 0) is 0 Å². The Bertz CT molecular complexity index is 870. The molecule has 0 amide bonds. The lowest BCUT2D eigenvalue weighted by molar-refractivity contribution is 0.102. The molecule has 0 aliphatic carbocycles. The molecule has 1 heterocycles. The lowest BCUT2D eigenvalue weighted by atomic mass is 10.2. The van der Waals surface area contributed by atoms with Crippen molar-refractivity contribution in [3.63, 3.8) is 0 Å². The number of ketones is 1. The molecule has 0 aliphatic rings. The number of anilines is 2. The molecule has 4 nitrogen and oxygen atoms in total. The first-order chi connectivity index (χ1) is 12.1. The fraction of sp³-hybridized carbons (Fsp3) is 0.105. The Labute approximate surface area is 159 Å². The average Bonchev–Trinajstić information content (AvgIpc) is 2.61. The van der Waals surface area contributed by atoms with Gasteiger partial charge < -0.3 is 5.32 Å². The zero-order chi connectivity index (χ0) is 17.6. The van der Waals surface area contributed by atoms with Crippen molar-refractivity contribution in [3.8, 4) is 0 Å². The Balaban J connectivity index is 1.68. The summed E-state index contributed by atoms with van der Waals surface area (Å²) in [7, 11) is 0. The summed E-state index contributed by atoms with van der Waals surface area (Å²) in [5, 5.41) is 3.84. The van der Waals surface area contributed by atoms with Crippen molar-refractivity contribution in [2.45, 2.75) is 12.1 Å². The number of rotatable bonds is 6. The first-order valence-corrected chi connectivity index (χ1v) is 9.47. The third-order valence-corrected chi connectivity index (χ3v) is 4.75. The molecule has 1 aromatic heterocycles. The number of para-hydroxylation sites is 1. The van der Waals surface area contributed by atoms with Crippen LogP contribution in [-0.4, -0.2) is 21.5 Å². The Morgan fingerprint density at radius 3 is 2.52 bits per heavy atom. The molecule has 0 aliphatic heterocycles. The second kappa shape index (κ2) is 8.27. The van der Waals surface area contributed by atoms with Gasteiger partial charge in [0.05, 0.1) is 5.75 Å². The van der Waals surface area contributed by atoms with Crippen molar-refractivity contribution >= 4 is 45.0 Å². The lowest BCUT2D eigenvalue weighted by Gasteiger charge is -2.08. The summed E-state index contributed by atoms with van der Waals surface area (Å²) in [6.07, 6.45) is 0. The van der Waals surface area contributed by atoms with Crippen LogP contribution >= 0.6 is 27.7 Å². The number of nitrogens with zero attached hydrogens (tertiary/aromatic N) is 2. The summed E-state index contributed by atoms with van der Waals surface area (Å²) >= 11 is 4.71. The summed E-state index contributed by atoms with van der Waals surface area (Å²) in [5.74, 6) is 1.08. The van der Waals surface area contributed by atoms with Crippen molar-refractivity contribution in [1.29, 1.82) is 0 Å². The number of Topliss-reactive ketones (excluding diaryl/α,β-unsaturated/α-hetero) is 1. The molecule has 0 unspecified atom stereocenters. The molecule has 0 radical (unpaired) electrons. The van der Waals surface area contributed by atoms with Gasteiger partial charge in [0, 0.05) is 27.5 Å². The maximum absolute atomic E-state index is 12.3. The van der Waals surface area contributed by atoms with E-state index in [0.717, 1.165) is 21.7 Å². The van der Waals surface area contributed by atoms with Gasteiger partial charge in [-0.15, -0.1) is 0 Å². The monoisotopic (exact) mass is 413 g/mol. The van der Waals surface area contributed by atoms with Crippen LogP contribution in [0.3, 0.4) is 0 Å². The molecule has 126 valence electrons. The molecule has 3 aromatic rings. The van der Waals surface area contributed by atoms with Gasteiger partial charge in [-0.25, -0.2) is 9.97 Å². The van der Waals surface area contributed by atoms with E-state index in [1.807, 2.05) is 67.6 Å². The number of halogens is 1. The SMILES string of the molecule is Cc1cc(Nc2ccccc2)nc(SCC(=O)c2ccc(Br)cc2)n1. The van der Waals surface area contributed by atoms with Gasteiger partial charge in [-0.2, -0.15) is 0 Å². The number of aromatic nitrogens is 2. The zero-order valence-corrected chi connectivity index (χ0v) is 16.0. The maximum atomic E-state index is 12.3. The predicted octanol–water partition coefficient (Wildman–Crippen LogP) is 5.27. The topological polar surface area (TPSA) is 54.9 Å². The summed E-state index contributed by atoms with van der Waals surface area (Å²) in [6.45, 7) is 1.92. The van der Waals surface area contributed by atoms with Crippen molar-refractivity contribution in [2.24, 2.45) is 0 Å². The van der Waals surface area contributed by atoms with Gasteiger partial charge in [-0.3, -0.25) is 4.79 Å². The van der Waals surface area contributed by atoms with Crippen LogP contribution in [0, 0.1) is 6.92 Å². The summed E-state index contributed by atoms with van der Waals surface area (Å²) in [4.78, 5) is 21.2. The van der Waals surface area contributed by atoms with Crippen LogP contribution in [0.15, 0.2) is 70.3 Å². The second-order valence-electron chi connectivity index (χ2n) is 5.39. The molecule has 0 fully saturated rings. The van der Waals surface area contributed by atoms with Crippen molar-refractivity contribution in [1.82, 2.24) is 9.97 Å². The van der Waals surface area contributed by atoms with E-state index < -0.39 is 0 Å². The molecule has 0 atom stereocenters. The van der Waals surface area contributed by atoms with E-state index in [4.69, 9.17) is 0 Å². The number of nitrogens with one attached hydrogen (secondary N) is 1. The average molecular weight is 414 g/mol. The number of hydrogen-bond acceptors (Lipinski definition) is 5. The van der Waals surface area contributed by atoms with Crippen molar-refractivity contribution in [2.75, 3.05) is 11.1 Å². The Morgan fingerprint density at radius 1 is 1.08 bits per heavy atom. The minimum absolute atomic E-state index is 0.0557. The van der Waals surface area contributed by atoms with Crippen LogP contribution in [0.1, 0.15) is 16.1 Å². The van der Waals surface area contributed by atoms with E-state index in [-0.39, 0.29) is 5.78 Å². The van der Waals surface area contributed by atoms with Crippen LogP contribution < -0.4 is 5.32 Å². The fourth-order valence-corrected chi connectivity index (χ4v) is 3.25. The van der Waals surface area contributed by atoms with Gasteiger partial charge in [0.15, 0.2) is 10.9 Å². The first kappa shape index (κ1) is 17.6. The van der Waals surface area contributed by atoms with Gasteiger partial charge in [0.25, 0.3) is 0 Å². The van der Waals surface area contributed by atoms with Crippen LogP contribution in [0.25, 0.3) is 0 Å².